The van der Waals surface area contributed by atoms with Gasteiger partial charge in [-0.25, -0.2) is 4.98 Å². The monoisotopic (exact) mass is 237 g/mol. The third kappa shape index (κ3) is 1.42. The topological polar surface area (TPSA) is 21.1 Å². The van der Waals surface area contributed by atoms with Crippen molar-refractivity contribution in [3.8, 4) is 0 Å². The molecule has 0 N–H and O–H groups in total. The fourth-order valence-electron chi connectivity index (χ4n) is 2.98. The third-order valence-electron chi connectivity index (χ3n) is 3.94. The highest BCUT2D eigenvalue weighted by Crippen LogP contribution is 2.38. The molecule has 16 heavy (non-hydrogen) atoms. The second-order valence-electron chi connectivity index (χ2n) is 4.85. The molecule has 1 saturated heterocycles. The van der Waals surface area contributed by atoms with E-state index in [1.807, 2.05) is 11.6 Å². The van der Waals surface area contributed by atoms with E-state index in [0.717, 1.165) is 12.1 Å². The lowest BCUT2D eigenvalue weighted by molar-refractivity contribution is 0.264. The maximum absolute atomic E-state index is 6.14. The molecule has 0 aromatic carbocycles. The van der Waals surface area contributed by atoms with Crippen LogP contribution < -0.4 is 0 Å². The molecule has 0 saturated carbocycles. The summed E-state index contributed by atoms with van der Waals surface area (Å²) in [6, 6.07) is 1.29. The number of hydrogen-bond donors (Lipinski definition) is 0. The molecule has 4 heteroatoms. The Morgan fingerprint density at radius 1 is 1.38 bits per heavy atom. The van der Waals surface area contributed by atoms with Gasteiger partial charge in [-0.2, -0.15) is 0 Å². The van der Waals surface area contributed by atoms with Crippen molar-refractivity contribution in [2.75, 3.05) is 7.05 Å². The summed E-state index contributed by atoms with van der Waals surface area (Å²) in [6.07, 6.45) is 7.84. The molecule has 1 aromatic heterocycles. The van der Waals surface area contributed by atoms with Gasteiger partial charge in [-0.15, -0.1) is 0 Å². The number of hydrogen-bond acceptors (Lipinski definition) is 2. The molecule has 2 unspecified atom stereocenters. The Morgan fingerprint density at radius 3 is 2.81 bits per heavy atom. The first-order valence-electron chi connectivity index (χ1n) is 5.76. The molecule has 0 amide bonds. The van der Waals surface area contributed by atoms with E-state index in [0.29, 0.717) is 17.2 Å². The number of aromatic nitrogens is 2. The normalized spacial score (nSPS) is 29.6. The molecule has 2 bridgehead atoms. The Kier molecular flexibility index (Phi) is 2.33. The second kappa shape index (κ2) is 3.60. The molecule has 0 aliphatic carbocycles. The zero-order valence-electron chi connectivity index (χ0n) is 9.65. The van der Waals surface area contributed by atoms with E-state index in [2.05, 4.69) is 23.0 Å². The van der Waals surface area contributed by atoms with Crippen molar-refractivity contribution in [1.82, 2.24) is 14.5 Å². The van der Waals surface area contributed by atoms with Crippen LogP contribution in [-0.4, -0.2) is 33.6 Å². The number of aryl methyl sites for hydroxylation is 1. The number of likely N-dealkylation sites (N-methyl/N-ethyl adjacent to an activating group) is 1. The first kappa shape index (κ1) is 10.4. The Bertz CT molecular complexity index is 430. The highest BCUT2D eigenvalue weighted by atomic mass is 35.5. The minimum absolute atomic E-state index is 0.597. The lowest BCUT2D eigenvalue weighted by Gasteiger charge is -2.30. The summed E-state index contributed by atoms with van der Waals surface area (Å²) in [6.45, 7) is 0. The van der Waals surface area contributed by atoms with Gasteiger partial charge in [-0.05, 0) is 31.9 Å². The van der Waals surface area contributed by atoms with Crippen molar-refractivity contribution < 1.29 is 0 Å². The molecule has 0 spiro atoms. The molecule has 3 heterocycles. The number of nitrogens with zero attached hydrogens (tertiary/aromatic N) is 3. The average molecular weight is 238 g/mol. The Morgan fingerprint density at radius 2 is 2.19 bits per heavy atom. The minimum Gasteiger partial charge on any atom is -0.333 e. The largest absolute Gasteiger partial charge is 0.333 e. The van der Waals surface area contributed by atoms with E-state index in [4.69, 9.17) is 11.6 Å². The molecule has 1 aromatic rings. The summed E-state index contributed by atoms with van der Waals surface area (Å²) in [4.78, 5) is 6.63. The van der Waals surface area contributed by atoms with Gasteiger partial charge < -0.3 is 4.57 Å². The van der Waals surface area contributed by atoms with Crippen LogP contribution in [-0.2, 0) is 7.05 Å². The molecule has 2 aliphatic rings. The van der Waals surface area contributed by atoms with E-state index < -0.39 is 0 Å². The lowest BCUT2D eigenvalue weighted by atomic mass is 9.99. The van der Waals surface area contributed by atoms with Crippen LogP contribution in [0.5, 0.6) is 0 Å². The smallest absolute Gasteiger partial charge is 0.154 e. The van der Waals surface area contributed by atoms with Crippen molar-refractivity contribution in [2.45, 2.75) is 31.3 Å². The van der Waals surface area contributed by atoms with Crippen LogP contribution in [0.1, 0.15) is 25.0 Å². The van der Waals surface area contributed by atoms with Gasteiger partial charge in [0.1, 0.15) is 0 Å². The molecule has 0 radical (unpaired) electrons. The summed E-state index contributed by atoms with van der Waals surface area (Å²) in [5, 5.41) is 0.637. The van der Waals surface area contributed by atoms with Gasteiger partial charge in [0.2, 0.25) is 0 Å². The van der Waals surface area contributed by atoms with E-state index in [9.17, 15) is 0 Å². The van der Waals surface area contributed by atoms with Gasteiger partial charge in [-0.1, -0.05) is 17.7 Å². The third-order valence-corrected chi connectivity index (χ3v) is 4.22. The van der Waals surface area contributed by atoms with Crippen molar-refractivity contribution in [2.24, 2.45) is 7.05 Å². The number of rotatable bonds is 1. The summed E-state index contributed by atoms with van der Waals surface area (Å²) >= 11 is 6.14. The molecule has 3 nitrogen and oxygen atoms in total. The Labute approximate surface area is 101 Å². The number of halogens is 1. The van der Waals surface area contributed by atoms with Crippen LogP contribution in [0.2, 0.25) is 5.15 Å². The van der Waals surface area contributed by atoms with Crippen LogP contribution >= 0.6 is 11.6 Å². The summed E-state index contributed by atoms with van der Waals surface area (Å²) in [5.74, 6) is 0. The van der Waals surface area contributed by atoms with Crippen molar-refractivity contribution in [3.05, 3.63) is 23.3 Å². The van der Waals surface area contributed by atoms with Gasteiger partial charge in [0.05, 0.1) is 12.0 Å². The standard InChI is InChI=1S/C12H16ClN3/c1-15-7-14-12(13)11(15)8-5-9-3-4-10(6-8)16(9)2/h5,7,9-10H,3-4,6H2,1-2H3. The predicted molar refractivity (Wildman–Crippen MR) is 65.4 cm³/mol. The fraction of sp³-hybridized carbons (Fsp3) is 0.583. The molecular weight excluding hydrogens is 222 g/mol. The zero-order chi connectivity index (χ0) is 11.3. The molecular formula is C12H16ClN3. The van der Waals surface area contributed by atoms with Crippen molar-refractivity contribution in [1.29, 1.82) is 0 Å². The molecule has 86 valence electrons. The Balaban J connectivity index is 2.01. The number of imidazole rings is 1. The molecule has 2 aliphatic heterocycles. The van der Waals surface area contributed by atoms with Gasteiger partial charge in [0.15, 0.2) is 5.15 Å². The maximum atomic E-state index is 6.14. The summed E-state index contributed by atoms with van der Waals surface area (Å²) < 4.78 is 2.03. The lowest BCUT2D eigenvalue weighted by Crippen LogP contribution is -2.34. The summed E-state index contributed by atoms with van der Waals surface area (Å²) in [5.41, 5.74) is 2.47. The minimum atomic E-state index is 0.597. The molecule has 2 atom stereocenters. The highest BCUT2D eigenvalue weighted by Gasteiger charge is 2.35. The zero-order valence-corrected chi connectivity index (χ0v) is 10.4. The van der Waals surface area contributed by atoms with Crippen LogP contribution in [0.4, 0.5) is 0 Å². The highest BCUT2D eigenvalue weighted by molar-refractivity contribution is 6.31. The fourth-order valence-corrected chi connectivity index (χ4v) is 3.28. The van der Waals surface area contributed by atoms with Crippen molar-refractivity contribution >= 4 is 17.2 Å². The number of fused-ring (bicyclic) bond motifs is 2. The molecule has 1 fully saturated rings. The van der Waals surface area contributed by atoms with Gasteiger partial charge >= 0.3 is 0 Å². The van der Waals surface area contributed by atoms with Crippen LogP contribution in [0, 0.1) is 0 Å². The van der Waals surface area contributed by atoms with Gasteiger partial charge in [0, 0.05) is 19.1 Å². The molecule has 3 rings (SSSR count). The average Bonchev–Trinajstić information content (AvgIpc) is 2.67. The van der Waals surface area contributed by atoms with Crippen LogP contribution in [0.3, 0.4) is 0 Å². The SMILES string of the molecule is CN1C2C=C(c3c(Cl)ncn3C)CC1CC2. The van der Waals surface area contributed by atoms with Crippen LogP contribution in [0.25, 0.3) is 5.57 Å². The van der Waals surface area contributed by atoms with E-state index in [1.54, 1.807) is 6.33 Å². The van der Waals surface area contributed by atoms with E-state index in [-0.39, 0.29) is 0 Å². The van der Waals surface area contributed by atoms with Gasteiger partial charge in [-0.3, -0.25) is 4.90 Å². The van der Waals surface area contributed by atoms with E-state index in [1.165, 1.54) is 18.4 Å². The van der Waals surface area contributed by atoms with Crippen LogP contribution in [0.15, 0.2) is 12.4 Å². The van der Waals surface area contributed by atoms with Gasteiger partial charge in [0.25, 0.3) is 0 Å². The van der Waals surface area contributed by atoms with Crippen molar-refractivity contribution in [3.63, 3.8) is 0 Å². The van der Waals surface area contributed by atoms with E-state index >= 15 is 0 Å². The Hall–Kier alpha value is -0.800. The maximum Gasteiger partial charge on any atom is 0.154 e. The quantitative estimate of drug-likeness (QED) is 0.748. The first-order valence-corrected chi connectivity index (χ1v) is 6.14. The first-order chi connectivity index (χ1) is 7.66. The second-order valence-corrected chi connectivity index (χ2v) is 5.21. The predicted octanol–water partition coefficient (Wildman–Crippen LogP) is 2.32. The summed E-state index contributed by atoms with van der Waals surface area (Å²) in [7, 11) is 4.23.